The Bertz CT molecular complexity index is 1070. The van der Waals surface area contributed by atoms with E-state index in [-0.39, 0.29) is 23.3 Å². The lowest BCUT2D eigenvalue weighted by Gasteiger charge is -2.28. The number of carbonyl (C=O) groups excluding carboxylic acids is 1. The molecule has 0 saturated heterocycles. The molecule has 0 aliphatic heterocycles. The molecule has 2 aliphatic rings. The zero-order valence-electron chi connectivity index (χ0n) is 17.3. The Kier molecular flexibility index (Phi) is 6.63. The number of halogens is 2. The number of sulfonamides is 1. The molecule has 2 fully saturated rings. The molecule has 2 saturated carbocycles. The van der Waals surface area contributed by atoms with Gasteiger partial charge in [0.2, 0.25) is 15.9 Å². The van der Waals surface area contributed by atoms with E-state index in [0.29, 0.717) is 33.1 Å². The maximum Gasteiger partial charge on any atom is 0.240 e. The van der Waals surface area contributed by atoms with Crippen molar-refractivity contribution in [1.82, 2.24) is 4.72 Å². The Labute approximate surface area is 193 Å². The SMILES string of the molecule is C[C@@H](NS(=O)(=O)c1ccc(NC(=O)Cc2ccc(Cl)cc2Cl)cc1)[C@H]1C[C@@H]2CC[C@@H]1C2. The third kappa shape index (κ3) is 5.25. The van der Waals surface area contributed by atoms with Gasteiger partial charge in [-0.15, -0.1) is 0 Å². The first kappa shape index (κ1) is 22.6. The van der Waals surface area contributed by atoms with Crippen LogP contribution >= 0.6 is 23.2 Å². The van der Waals surface area contributed by atoms with Gasteiger partial charge in [0.25, 0.3) is 0 Å². The molecule has 4 rings (SSSR count). The largest absolute Gasteiger partial charge is 0.326 e. The fourth-order valence-corrected chi connectivity index (χ4v) is 6.84. The van der Waals surface area contributed by atoms with Crippen LogP contribution < -0.4 is 10.0 Å². The summed E-state index contributed by atoms with van der Waals surface area (Å²) >= 11 is 12.0. The normalized spacial score (nSPS) is 23.6. The van der Waals surface area contributed by atoms with Crippen molar-refractivity contribution in [1.29, 1.82) is 0 Å². The fourth-order valence-electron chi connectivity index (χ4n) is 5.07. The van der Waals surface area contributed by atoms with Crippen molar-refractivity contribution in [3.63, 3.8) is 0 Å². The average molecular weight is 481 g/mol. The Balaban J connectivity index is 1.36. The fraction of sp³-hybridized carbons (Fsp3) is 0.435. The second-order valence-corrected chi connectivity index (χ2v) is 11.3. The van der Waals surface area contributed by atoms with E-state index in [9.17, 15) is 13.2 Å². The van der Waals surface area contributed by atoms with Crippen LogP contribution in [0.5, 0.6) is 0 Å². The van der Waals surface area contributed by atoms with Crippen molar-refractivity contribution >= 4 is 44.8 Å². The van der Waals surface area contributed by atoms with E-state index in [1.165, 1.54) is 31.4 Å². The van der Waals surface area contributed by atoms with Gasteiger partial charge in [0.1, 0.15) is 0 Å². The predicted molar refractivity (Wildman–Crippen MR) is 124 cm³/mol. The van der Waals surface area contributed by atoms with Crippen LogP contribution in [-0.2, 0) is 21.2 Å². The first-order valence-electron chi connectivity index (χ1n) is 10.6. The average Bonchev–Trinajstić information content (AvgIpc) is 3.34. The third-order valence-corrected chi connectivity index (χ3v) is 8.75. The molecular formula is C23H26Cl2N2O3S. The van der Waals surface area contributed by atoms with E-state index in [4.69, 9.17) is 23.2 Å². The summed E-state index contributed by atoms with van der Waals surface area (Å²) in [4.78, 5) is 12.5. The summed E-state index contributed by atoms with van der Waals surface area (Å²) in [5.41, 5.74) is 1.19. The van der Waals surface area contributed by atoms with E-state index < -0.39 is 10.0 Å². The van der Waals surface area contributed by atoms with Gasteiger partial charge in [-0.3, -0.25) is 4.79 Å². The molecular weight excluding hydrogens is 455 g/mol. The van der Waals surface area contributed by atoms with Gasteiger partial charge < -0.3 is 5.32 Å². The standard InChI is InChI=1S/C23H26Cl2N2O3S/c1-14(21-11-15-2-3-16(21)10-15)27-31(29,30)20-8-6-19(7-9-20)26-23(28)12-17-4-5-18(24)13-22(17)25/h4-9,13-16,21,27H,2-3,10-12H2,1H3,(H,26,28)/t14-,15-,16-,21-/m1/s1. The number of hydrogen-bond acceptors (Lipinski definition) is 3. The summed E-state index contributed by atoms with van der Waals surface area (Å²) in [5.74, 6) is 1.59. The highest BCUT2D eigenvalue weighted by atomic mass is 35.5. The predicted octanol–water partition coefficient (Wildman–Crippen LogP) is 5.28. The van der Waals surface area contributed by atoms with Gasteiger partial charge in [0, 0.05) is 21.8 Å². The molecule has 166 valence electrons. The maximum absolute atomic E-state index is 12.8. The Hall–Kier alpha value is -1.60. The second-order valence-electron chi connectivity index (χ2n) is 8.73. The molecule has 1 amide bonds. The lowest BCUT2D eigenvalue weighted by Crippen LogP contribution is -2.40. The lowest BCUT2D eigenvalue weighted by molar-refractivity contribution is -0.115. The monoisotopic (exact) mass is 480 g/mol. The molecule has 2 bridgehead atoms. The van der Waals surface area contributed by atoms with Crippen LogP contribution in [0.25, 0.3) is 0 Å². The van der Waals surface area contributed by atoms with Gasteiger partial charge in [-0.05, 0) is 85.9 Å². The molecule has 4 atom stereocenters. The van der Waals surface area contributed by atoms with Crippen LogP contribution in [0.2, 0.25) is 10.0 Å². The smallest absolute Gasteiger partial charge is 0.240 e. The quantitative estimate of drug-likeness (QED) is 0.565. The van der Waals surface area contributed by atoms with Gasteiger partial charge in [-0.25, -0.2) is 13.1 Å². The zero-order chi connectivity index (χ0) is 22.2. The third-order valence-electron chi connectivity index (χ3n) is 6.59. The minimum atomic E-state index is -3.61. The molecule has 0 radical (unpaired) electrons. The zero-order valence-corrected chi connectivity index (χ0v) is 19.6. The molecule has 0 unspecified atom stereocenters. The number of amides is 1. The molecule has 0 aromatic heterocycles. The molecule has 0 spiro atoms. The van der Waals surface area contributed by atoms with Crippen LogP contribution in [0.3, 0.4) is 0 Å². The van der Waals surface area contributed by atoms with E-state index >= 15 is 0 Å². The summed E-state index contributed by atoms with van der Waals surface area (Å²) in [7, 11) is -3.61. The molecule has 5 nitrogen and oxygen atoms in total. The highest BCUT2D eigenvalue weighted by Gasteiger charge is 2.42. The number of anilines is 1. The lowest BCUT2D eigenvalue weighted by atomic mass is 9.84. The van der Waals surface area contributed by atoms with Crippen LogP contribution in [0.1, 0.15) is 38.2 Å². The van der Waals surface area contributed by atoms with Crippen molar-refractivity contribution < 1.29 is 13.2 Å². The Morgan fingerprint density at radius 2 is 1.84 bits per heavy atom. The van der Waals surface area contributed by atoms with Gasteiger partial charge >= 0.3 is 0 Å². The van der Waals surface area contributed by atoms with E-state index in [0.717, 1.165) is 12.3 Å². The van der Waals surface area contributed by atoms with Crippen LogP contribution in [-0.4, -0.2) is 20.4 Å². The van der Waals surface area contributed by atoms with Crippen molar-refractivity contribution in [2.75, 3.05) is 5.32 Å². The maximum atomic E-state index is 12.8. The summed E-state index contributed by atoms with van der Waals surface area (Å²) < 4.78 is 28.5. The molecule has 31 heavy (non-hydrogen) atoms. The van der Waals surface area contributed by atoms with Crippen molar-refractivity contribution in [2.24, 2.45) is 17.8 Å². The van der Waals surface area contributed by atoms with Gasteiger partial charge in [-0.1, -0.05) is 35.7 Å². The van der Waals surface area contributed by atoms with Crippen molar-refractivity contribution in [2.45, 2.75) is 50.0 Å². The minimum absolute atomic E-state index is 0.0798. The van der Waals surface area contributed by atoms with Gasteiger partial charge in [-0.2, -0.15) is 0 Å². The minimum Gasteiger partial charge on any atom is -0.326 e. The highest BCUT2D eigenvalue weighted by Crippen LogP contribution is 2.49. The topological polar surface area (TPSA) is 75.3 Å². The van der Waals surface area contributed by atoms with Crippen LogP contribution in [0, 0.1) is 17.8 Å². The number of fused-ring (bicyclic) bond motifs is 2. The first-order chi connectivity index (χ1) is 14.7. The molecule has 0 heterocycles. The molecule has 2 aliphatic carbocycles. The number of nitrogens with one attached hydrogen (secondary N) is 2. The Morgan fingerprint density at radius 1 is 1.10 bits per heavy atom. The summed E-state index contributed by atoms with van der Waals surface area (Å²) in [6.07, 6.45) is 4.97. The number of hydrogen-bond donors (Lipinski definition) is 2. The molecule has 2 aromatic carbocycles. The molecule has 2 N–H and O–H groups in total. The van der Waals surface area contributed by atoms with Crippen LogP contribution in [0.4, 0.5) is 5.69 Å². The number of benzene rings is 2. The van der Waals surface area contributed by atoms with E-state index in [1.807, 2.05) is 6.92 Å². The van der Waals surface area contributed by atoms with Gasteiger partial charge in [0.15, 0.2) is 0 Å². The summed E-state index contributed by atoms with van der Waals surface area (Å²) in [5, 5.41) is 3.71. The van der Waals surface area contributed by atoms with Crippen molar-refractivity contribution in [3.05, 3.63) is 58.1 Å². The van der Waals surface area contributed by atoms with E-state index in [2.05, 4.69) is 10.0 Å². The van der Waals surface area contributed by atoms with Crippen molar-refractivity contribution in [3.8, 4) is 0 Å². The number of rotatable bonds is 7. The number of carbonyl (C=O) groups is 1. The van der Waals surface area contributed by atoms with Crippen LogP contribution in [0.15, 0.2) is 47.4 Å². The molecule has 8 heteroatoms. The second kappa shape index (κ2) is 9.10. The van der Waals surface area contributed by atoms with Gasteiger partial charge in [0.05, 0.1) is 11.3 Å². The Morgan fingerprint density at radius 3 is 2.45 bits per heavy atom. The van der Waals surface area contributed by atoms with E-state index in [1.54, 1.807) is 30.3 Å². The summed E-state index contributed by atoms with van der Waals surface area (Å²) in [6, 6.07) is 11.1. The first-order valence-corrected chi connectivity index (χ1v) is 12.8. The highest BCUT2D eigenvalue weighted by molar-refractivity contribution is 7.89. The molecule has 2 aromatic rings. The summed E-state index contributed by atoms with van der Waals surface area (Å²) in [6.45, 7) is 1.97.